The molecule has 6 heteroatoms. The first-order chi connectivity index (χ1) is 8.85. The van der Waals surface area contributed by atoms with E-state index in [4.69, 9.17) is 0 Å². The minimum atomic E-state index is -0.842. The highest BCUT2D eigenvalue weighted by molar-refractivity contribution is 5.77. The maximum absolute atomic E-state index is 12.2. The molecule has 0 atom stereocenters. The quantitative estimate of drug-likeness (QED) is 0.814. The van der Waals surface area contributed by atoms with Gasteiger partial charge in [0.15, 0.2) is 0 Å². The molecule has 2 rings (SSSR count). The van der Waals surface area contributed by atoms with E-state index in [1.807, 2.05) is 4.90 Å². The highest BCUT2D eigenvalue weighted by atomic mass is 16.3. The summed E-state index contributed by atoms with van der Waals surface area (Å²) in [7, 11) is 1.76. The standard InChI is InChI=1S/C13H22N4O2/c1-13(2,19)9-17(11-5-6-11)12(18)7-4-10-8-14-16(3)15-10/h8,11,19H,4-7,9H2,1-3H3. The van der Waals surface area contributed by atoms with Crippen molar-refractivity contribution in [2.75, 3.05) is 6.54 Å². The Labute approximate surface area is 113 Å². The largest absolute Gasteiger partial charge is 0.389 e. The zero-order valence-electron chi connectivity index (χ0n) is 11.8. The lowest BCUT2D eigenvalue weighted by Crippen LogP contribution is -2.43. The number of hydrogen-bond donors (Lipinski definition) is 1. The van der Waals surface area contributed by atoms with E-state index in [-0.39, 0.29) is 5.91 Å². The van der Waals surface area contributed by atoms with Crippen molar-refractivity contribution in [1.82, 2.24) is 19.9 Å². The zero-order chi connectivity index (χ0) is 14.0. The van der Waals surface area contributed by atoms with Gasteiger partial charge in [0.2, 0.25) is 5.91 Å². The first-order valence-corrected chi connectivity index (χ1v) is 6.72. The fourth-order valence-electron chi connectivity index (χ4n) is 2.10. The minimum Gasteiger partial charge on any atom is -0.389 e. The average molecular weight is 266 g/mol. The Hall–Kier alpha value is -1.43. The summed E-state index contributed by atoms with van der Waals surface area (Å²) >= 11 is 0. The van der Waals surface area contributed by atoms with E-state index in [2.05, 4.69) is 10.2 Å². The molecule has 0 spiro atoms. The van der Waals surface area contributed by atoms with Crippen molar-refractivity contribution in [3.8, 4) is 0 Å². The first kappa shape index (κ1) is 14.0. The molecule has 19 heavy (non-hydrogen) atoms. The van der Waals surface area contributed by atoms with Crippen molar-refractivity contribution < 1.29 is 9.90 Å². The van der Waals surface area contributed by atoms with Crippen molar-refractivity contribution in [1.29, 1.82) is 0 Å². The Kier molecular flexibility index (Phi) is 3.89. The van der Waals surface area contributed by atoms with Crippen LogP contribution < -0.4 is 0 Å². The Morgan fingerprint density at radius 1 is 1.58 bits per heavy atom. The van der Waals surface area contributed by atoms with E-state index in [0.29, 0.717) is 25.4 Å². The van der Waals surface area contributed by atoms with Crippen molar-refractivity contribution in [3.63, 3.8) is 0 Å². The van der Waals surface area contributed by atoms with Crippen LogP contribution in [0, 0.1) is 0 Å². The molecule has 0 radical (unpaired) electrons. The summed E-state index contributed by atoms with van der Waals surface area (Å²) in [6, 6.07) is 0.320. The minimum absolute atomic E-state index is 0.0929. The number of aromatic nitrogens is 3. The number of aliphatic hydroxyl groups is 1. The second kappa shape index (κ2) is 5.28. The Balaban J connectivity index is 1.89. The topological polar surface area (TPSA) is 71.2 Å². The molecule has 0 saturated heterocycles. The lowest BCUT2D eigenvalue weighted by Gasteiger charge is -2.29. The predicted octanol–water partition coefficient (Wildman–Crippen LogP) is 0.510. The molecule has 0 aromatic carbocycles. The SMILES string of the molecule is Cn1ncc(CCC(=O)N(CC(C)(C)O)C2CC2)n1. The van der Waals surface area contributed by atoms with Gasteiger partial charge in [-0.2, -0.15) is 15.0 Å². The molecule has 1 saturated carbocycles. The highest BCUT2D eigenvalue weighted by Gasteiger charge is 2.35. The van der Waals surface area contributed by atoms with Crippen LogP contribution >= 0.6 is 0 Å². The molecule has 1 fully saturated rings. The highest BCUT2D eigenvalue weighted by Crippen LogP contribution is 2.28. The predicted molar refractivity (Wildman–Crippen MR) is 70.4 cm³/mol. The monoisotopic (exact) mass is 266 g/mol. The third kappa shape index (κ3) is 4.31. The summed E-state index contributed by atoms with van der Waals surface area (Å²) in [6.45, 7) is 3.87. The van der Waals surface area contributed by atoms with Crippen LogP contribution in [0.4, 0.5) is 0 Å². The number of aryl methyl sites for hydroxylation is 2. The molecule has 6 nitrogen and oxygen atoms in total. The van der Waals surface area contributed by atoms with Gasteiger partial charge in [0.25, 0.3) is 0 Å². The second-order valence-electron chi connectivity index (χ2n) is 5.89. The molecular formula is C13H22N4O2. The normalized spacial score (nSPS) is 15.6. The van der Waals surface area contributed by atoms with Gasteiger partial charge in [-0.25, -0.2) is 0 Å². The molecular weight excluding hydrogens is 244 g/mol. The third-order valence-corrected chi connectivity index (χ3v) is 3.11. The van der Waals surface area contributed by atoms with Gasteiger partial charge in [-0.1, -0.05) is 0 Å². The summed E-state index contributed by atoms with van der Waals surface area (Å²) < 4.78 is 0. The van der Waals surface area contributed by atoms with Crippen molar-refractivity contribution in [3.05, 3.63) is 11.9 Å². The van der Waals surface area contributed by atoms with E-state index < -0.39 is 5.60 Å². The molecule has 1 aromatic heterocycles. The number of amides is 1. The molecule has 1 aromatic rings. The first-order valence-electron chi connectivity index (χ1n) is 6.72. The van der Waals surface area contributed by atoms with Crippen LogP contribution in [0.1, 0.15) is 38.8 Å². The second-order valence-corrected chi connectivity index (χ2v) is 5.89. The van der Waals surface area contributed by atoms with Crippen molar-refractivity contribution in [2.24, 2.45) is 7.05 Å². The summed E-state index contributed by atoms with van der Waals surface area (Å²) in [5.41, 5.74) is -0.0139. The molecule has 0 aliphatic heterocycles. The number of carbonyl (C=O) groups is 1. The lowest BCUT2D eigenvalue weighted by molar-refractivity contribution is -0.134. The van der Waals surface area contributed by atoms with Gasteiger partial charge in [0, 0.05) is 32.5 Å². The molecule has 0 bridgehead atoms. The molecule has 1 aliphatic rings. The van der Waals surface area contributed by atoms with Gasteiger partial charge in [-0.15, -0.1) is 0 Å². The number of rotatable bonds is 6. The number of nitrogens with zero attached hydrogens (tertiary/aromatic N) is 4. The zero-order valence-corrected chi connectivity index (χ0v) is 11.8. The van der Waals surface area contributed by atoms with Crippen LogP contribution in [0.15, 0.2) is 6.20 Å². The summed E-state index contributed by atoms with van der Waals surface area (Å²) in [5, 5.41) is 18.0. The number of hydrogen-bond acceptors (Lipinski definition) is 4. The average Bonchev–Trinajstić information content (AvgIpc) is 3.05. The van der Waals surface area contributed by atoms with Crippen LogP contribution in [-0.2, 0) is 18.3 Å². The van der Waals surface area contributed by atoms with Crippen molar-refractivity contribution >= 4 is 5.91 Å². The molecule has 1 aliphatic carbocycles. The van der Waals surface area contributed by atoms with Gasteiger partial charge in [0.05, 0.1) is 17.5 Å². The molecule has 106 valence electrons. The lowest BCUT2D eigenvalue weighted by atomic mass is 10.1. The van der Waals surface area contributed by atoms with E-state index in [1.165, 1.54) is 4.80 Å². The Bertz CT molecular complexity index is 446. The Morgan fingerprint density at radius 3 is 2.74 bits per heavy atom. The third-order valence-electron chi connectivity index (χ3n) is 3.11. The van der Waals surface area contributed by atoms with E-state index in [0.717, 1.165) is 18.5 Å². The molecule has 0 unspecified atom stereocenters. The van der Waals surface area contributed by atoms with E-state index in [1.54, 1.807) is 27.1 Å². The van der Waals surface area contributed by atoms with Crippen LogP contribution in [0.3, 0.4) is 0 Å². The van der Waals surface area contributed by atoms with Gasteiger partial charge in [-0.05, 0) is 26.7 Å². The molecule has 1 heterocycles. The maximum atomic E-state index is 12.2. The summed E-state index contributed by atoms with van der Waals surface area (Å²) in [6.07, 6.45) is 4.80. The Morgan fingerprint density at radius 2 is 2.26 bits per heavy atom. The van der Waals surface area contributed by atoms with Crippen molar-refractivity contribution in [2.45, 2.75) is 51.2 Å². The van der Waals surface area contributed by atoms with Gasteiger partial charge in [0.1, 0.15) is 0 Å². The van der Waals surface area contributed by atoms with Crippen LogP contribution in [-0.4, -0.2) is 49.1 Å². The number of carbonyl (C=O) groups excluding carboxylic acids is 1. The van der Waals surface area contributed by atoms with Gasteiger partial charge < -0.3 is 10.0 Å². The molecule has 1 amide bonds. The maximum Gasteiger partial charge on any atom is 0.223 e. The van der Waals surface area contributed by atoms with Crippen LogP contribution in [0.5, 0.6) is 0 Å². The molecule has 1 N–H and O–H groups in total. The fourth-order valence-corrected chi connectivity index (χ4v) is 2.10. The van der Waals surface area contributed by atoms with E-state index >= 15 is 0 Å². The van der Waals surface area contributed by atoms with E-state index in [9.17, 15) is 9.90 Å². The van der Waals surface area contributed by atoms with Gasteiger partial charge in [-0.3, -0.25) is 4.79 Å². The van der Waals surface area contributed by atoms with Crippen LogP contribution in [0.25, 0.3) is 0 Å². The smallest absolute Gasteiger partial charge is 0.223 e. The van der Waals surface area contributed by atoms with Gasteiger partial charge >= 0.3 is 0 Å². The summed E-state index contributed by atoms with van der Waals surface area (Å²) in [5.74, 6) is 0.0929. The fraction of sp³-hybridized carbons (Fsp3) is 0.769. The van der Waals surface area contributed by atoms with Crippen LogP contribution in [0.2, 0.25) is 0 Å². The summed E-state index contributed by atoms with van der Waals surface area (Å²) in [4.78, 5) is 15.6.